The first-order valence-electron chi connectivity index (χ1n) is 5.80. The lowest BCUT2D eigenvalue weighted by Crippen LogP contribution is -2.07. The molecule has 0 bridgehead atoms. The minimum Gasteiger partial charge on any atom is -0.464 e. The molecule has 0 fully saturated rings. The van der Waals surface area contributed by atoms with Crippen LogP contribution < -0.4 is 5.73 Å². The van der Waals surface area contributed by atoms with Gasteiger partial charge in [-0.2, -0.15) is 10.4 Å². The van der Waals surface area contributed by atoms with Gasteiger partial charge in [-0.05, 0) is 19.9 Å². The first kappa shape index (κ1) is 13.5. The number of rotatable bonds is 2. The number of ether oxygens (including phenoxy) is 1. The van der Waals surface area contributed by atoms with Gasteiger partial charge in [-0.15, -0.1) is 0 Å². The van der Waals surface area contributed by atoms with Gasteiger partial charge in [0.15, 0.2) is 5.69 Å². The number of esters is 1. The molecule has 0 aromatic carbocycles. The SMILES string of the molecule is COC(=O)c1nn(-c2cc(C)nc(C)c2C#N)cc1N. The third kappa shape index (κ3) is 2.19. The first-order chi connectivity index (χ1) is 9.47. The quantitative estimate of drug-likeness (QED) is 0.820. The van der Waals surface area contributed by atoms with Crippen molar-refractivity contribution in [1.29, 1.82) is 5.26 Å². The Bertz CT molecular complexity index is 727. The molecule has 0 aliphatic rings. The molecule has 0 unspecified atom stereocenters. The number of nitrogens with two attached hydrogens (primary N) is 1. The van der Waals surface area contributed by atoms with Crippen molar-refractivity contribution in [3.63, 3.8) is 0 Å². The van der Waals surface area contributed by atoms with Gasteiger partial charge in [-0.3, -0.25) is 4.98 Å². The third-order valence-corrected chi connectivity index (χ3v) is 2.79. The fraction of sp³-hybridized carbons (Fsp3) is 0.231. The number of anilines is 1. The summed E-state index contributed by atoms with van der Waals surface area (Å²) in [6.45, 7) is 3.55. The van der Waals surface area contributed by atoms with Crippen LogP contribution in [-0.4, -0.2) is 27.8 Å². The van der Waals surface area contributed by atoms with Crippen LogP contribution in [0.15, 0.2) is 12.3 Å². The first-order valence-corrected chi connectivity index (χ1v) is 5.80. The second-order valence-electron chi connectivity index (χ2n) is 4.22. The number of carbonyl (C=O) groups excluding carboxylic acids is 1. The molecule has 2 rings (SSSR count). The summed E-state index contributed by atoms with van der Waals surface area (Å²) in [4.78, 5) is 15.7. The number of aryl methyl sites for hydroxylation is 2. The van der Waals surface area contributed by atoms with Crippen molar-refractivity contribution >= 4 is 11.7 Å². The number of nitrogen functional groups attached to an aromatic ring is 1. The zero-order valence-electron chi connectivity index (χ0n) is 11.3. The normalized spacial score (nSPS) is 10.1. The van der Waals surface area contributed by atoms with E-state index in [2.05, 4.69) is 20.9 Å². The van der Waals surface area contributed by atoms with Crippen LogP contribution in [0.25, 0.3) is 5.69 Å². The van der Waals surface area contributed by atoms with Crippen molar-refractivity contribution in [3.05, 3.63) is 34.9 Å². The van der Waals surface area contributed by atoms with Gasteiger partial charge < -0.3 is 10.5 Å². The van der Waals surface area contributed by atoms with Gasteiger partial charge >= 0.3 is 5.97 Å². The molecule has 0 atom stereocenters. The van der Waals surface area contributed by atoms with Gasteiger partial charge in [0.25, 0.3) is 0 Å². The van der Waals surface area contributed by atoms with Crippen LogP contribution in [0.1, 0.15) is 27.4 Å². The van der Waals surface area contributed by atoms with E-state index in [0.717, 1.165) is 5.69 Å². The molecule has 0 spiro atoms. The molecule has 0 aliphatic heterocycles. The van der Waals surface area contributed by atoms with E-state index >= 15 is 0 Å². The average molecular weight is 271 g/mol. The fourth-order valence-corrected chi connectivity index (χ4v) is 1.89. The number of hydrogen-bond acceptors (Lipinski definition) is 6. The molecular formula is C13H13N5O2. The summed E-state index contributed by atoms with van der Waals surface area (Å²) < 4.78 is 5.99. The van der Waals surface area contributed by atoms with Crippen molar-refractivity contribution in [1.82, 2.24) is 14.8 Å². The fourth-order valence-electron chi connectivity index (χ4n) is 1.89. The van der Waals surface area contributed by atoms with E-state index in [1.165, 1.54) is 18.0 Å². The molecule has 0 radical (unpaired) electrons. The molecule has 2 heterocycles. The predicted molar refractivity (Wildman–Crippen MR) is 71.3 cm³/mol. The Labute approximate surface area is 115 Å². The summed E-state index contributed by atoms with van der Waals surface area (Å²) in [5.74, 6) is -0.623. The molecule has 7 nitrogen and oxygen atoms in total. The topological polar surface area (TPSA) is 107 Å². The van der Waals surface area contributed by atoms with Gasteiger partial charge in [0.1, 0.15) is 6.07 Å². The maximum Gasteiger partial charge on any atom is 0.360 e. The van der Waals surface area contributed by atoms with E-state index in [-0.39, 0.29) is 11.4 Å². The number of aromatic nitrogens is 3. The van der Waals surface area contributed by atoms with Crippen LogP contribution >= 0.6 is 0 Å². The Balaban J connectivity index is 2.64. The Morgan fingerprint density at radius 1 is 1.50 bits per heavy atom. The molecule has 2 aromatic heterocycles. The lowest BCUT2D eigenvalue weighted by molar-refractivity contribution is 0.0594. The number of methoxy groups -OCH3 is 1. The summed E-state index contributed by atoms with van der Waals surface area (Å²) in [6, 6.07) is 3.79. The van der Waals surface area contributed by atoms with Crippen LogP contribution in [0.2, 0.25) is 0 Å². The van der Waals surface area contributed by atoms with Crippen LogP contribution in [0.4, 0.5) is 5.69 Å². The molecule has 0 aliphatic carbocycles. The van der Waals surface area contributed by atoms with E-state index in [9.17, 15) is 10.1 Å². The van der Waals surface area contributed by atoms with Crippen LogP contribution in [-0.2, 0) is 4.74 Å². The van der Waals surface area contributed by atoms with Crippen molar-refractivity contribution in [3.8, 4) is 11.8 Å². The van der Waals surface area contributed by atoms with Crippen molar-refractivity contribution in [2.45, 2.75) is 13.8 Å². The number of nitrogens with zero attached hydrogens (tertiary/aromatic N) is 4. The van der Waals surface area contributed by atoms with Gasteiger partial charge in [0, 0.05) is 5.69 Å². The predicted octanol–water partition coefficient (Wildman–Crippen LogP) is 1.12. The molecule has 20 heavy (non-hydrogen) atoms. The number of pyridine rings is 1. The largest absolute Gasteiger partial charge is 0.464 e. The zero-order chi connectivity index (χ0) is 14.9. The second-order valence-corrected chi connectivity index (χ2v) is 4.22. The minimum absolute atomic E-state index is 0.0171. The van der Waals surface area contributed by atoms with E-state index in [4.69, 9.17) is 5.73 Å². The monoisotopic (exact) mass is 271 g/mol. The summed E-state index contributed by atoms with van der Waals surface area (Å²) >= 11 is 0. The average Bonchev–Trinajstić information content (AvgIpc) is 2.79. The Morgan fingerprint density at radius 3 is 2.80 bits per heavy atom. The Hall–Kier alpha value is -2.88. The number of nitriles is 1. The molecule has 2 aromatic rings. The molecule has 102 valence electrons. The zero-order valence-corrected chi connectivity index (χ0v) is 11.3. The van der Waals surface area contributed by atoms with Crippen molar-refractivity contribution in [2.75, 3.05) is 12.8 Å². The maximum atomic E-state index is 11.5. The smallest absolute Gasteiger partial charge is 0.360 e. The van der Waals surface area contributed by atoms with Gasteiger partial charge in [0.2, 0.25) is 0 Å². The molecule has 7 heteroatoms. The summed E-state index contributed by atoms with van der Waals surface area (Å²) in [6.07, 6.45) is 1.47. The highest BCUT2D eigenvalue weighted by Crippen LogP contribution is 2.20. The summed E-state index contributed by atoms with van der Waals surface area (Å²) in [5, 5.41) is 13.3. The maximum absolute atomic E-state index is 11.5. The number of hydrogen-bond donors (Lipinski definition) is 1. The van der Waals surface area contributed by atoms with E-state index in [0.29, 0.717) is 16.9 Å². The molecular weight excluding hydrogens is 258 g/mol. The lowest BCUT2D eigenvalue weighted by Gasteiger charge is -2.07. The van der Waals surface area contributed by atoms with Crippen molar-refractivity contribution in [2.24, 2.45) is 0 Å². The standard InChI is InChI=1S/C13H13N5O2/c1-7-4-11(9(5-14)8(2)16-7)18-6-10(15)12(17-18)13(19)20-3/h4,6H,15H2,1-3H3. The lowest BCUT2D eigenvalue weighted by atomic mass is 10.1. The van der Waals surface area contributed by atoms with E-state index in [1.807, 2.05) is 6.92 Å². The Morgan fingerprint density at radius 2 is 2.20 bits per heavy atom. The summed E-state index contributed by atoms with van der Waals surface area (Å²) in [5.41, 5.74) is 8.19. The Kier molecular flexibility index (Phi) is 3.39. The minimum atomic E-state index is -0.623. The van der Waals surface area contributed by atoms with E-state index < -0.39 is 5.97 Å². The van der Waals surface area contributed by atoms with Gasteiger partial charge in [-0.25, -0.2) is 9.48 Å². The highest BCUT2D eigenvalue weighted by molar-refractivity contribution is 5.92. The molecule has 0 amide bonds. The third-order valence-electron chi connectivity index (χ3n) is 2.79. The van der Waals surface area contributed by atoms with E-state index in [1.54, 1.807) is 13.0 Å². The van der Waals surface area contributed by atoms with Crippen LogP contribution in [0.3, 0.4) is 0 Å². The number of carbonyl (C=O) groups is 1. The van der Waals surface area contributed by atoms with Crippen molar-refractivity contribution < 1.29 is 9.53 Å². The van der Waals surface area contributed by atoms with Gasteiger partial charge in [-0.1, -0.05) is 0 Å². The molecule has 0 saturated heterocycles. The van der Waals surface area contributed by atoms with Gasteiger partial charge in [0.05, 0.1) is 35.9 Å². The molecule has 0 saturated carbocycles. The molecule has 2 N–H and O–H groups in total. The highest BCUT2D eigenvalue weighted by atomic mass is 16.5. The second kappa shape index (κ2) is 5.01. The highest BCUT2D eigenvalue weighted by Gasteiger charge is 2.18. The van der Waals surface area contributed by atoms with Crippen LogP contribution in [0.5, 0.6) is 0 Å². The summed E-state index contributed by atoms with van der Waals surface area (Å²) in [7, 11) is 1.25. The van der Waals surface area contributed by atoms with Crippen LogP contribution in [0, 0.1) is 25.2 Å².